The third kappa shape index (κ3) is 6.42. The molecular formula is C18H22N4O6S. The quantitative estimate of drug-likeness (QED) is 0.192. The van der Waals surface area contributed by atoms with Gasteiger partial charge in [-0.2, -0.15) is 5.10 Å². The standard InChI is InChI=1S/C18H22N4O6S/c1-4-5-6-28-17-14(22(24)25)7-12(8-15(17)26-2)10-19-21-18-20-13(11-29-18)9-16(23)27-3/h7-8,10-11H,4-6,9H2,1-3H3,(H,20,21)/b19-10-. The lowest BCUT2D eigenvalue weighted by atomic mass is 10.2. The van der Waals surface area contributed by atoms with E-state index in [1.807, 2.05) is 6.92 Å². The molecular weight excluding hydrogens is 400 g/mol. The third-order valence-corrected chi connectivity index (χ3v) is 4.49. The molecule has 0 spiro atoms. The second kappa shape index (κ2) is 11.0. The summed E-state index contributed by atoms with van der Waals surface area (Å²) in [5.41, 5.74) is 3.55. The van der Waals surface area contributed by atoms with E-state index in [9.17, 15) is 14.9 Å². The third-order valence-electron chi connectivity index (χ3n) is 3.70. The van der Waals surface area contributed by atoms with Crippen molar-refractivity contribution in [3.8, 4) is 11.5 Å². The fourth-order valence-corrected chi connectivity index (χ4v) is 2.91. The van der Waals surface area contributed by atoms with E-state index < -0.39 is 4.92 Å². The molecule has 0 atom stereocenters. The molecule has 0 aliphatic heterocycles. The number of anilines is 1. The summed E-state index contributed by atoms with van der Waals surface area (Å²) in [5.74, 6) is -0.0270. The van der Waals surface area contributed by atoms with Gasteiger partial charge in [-0.1, -0.05) is 13.3 Å². The predicted octanol–water partition coefficient (Wildman–Crippen LogP) is 3.40. The van der Waals surface area contributed by atoms with Gasteiger partial charge in [-0.05, 0) is 12.5 Å². The van der Waals surface area contributed by atoms with Crippen molar-refractivity contribution < 1.29 is 23.9 Å². The highest BCUT2D eigenvalue weighted by atomic mass is 32.1. The molecule has 10 nitrogen and oxygen atoms in total. The van der Waals surface area contributed by atoms with Crippen LogP contribution < -0.4 is 14.9 Å². The Morgan fingerprint density at radius 1 is 1.41 bits per heavy atom. The lowest BCUT2D eigenvalue weighted by Gasteiger charge is -2.11. The Kier molecular flexibility index (Phi) is 8.34. The van der Waals surface area contributed by atoms with Crippen LogP contribution in [-0.4, -0.2) is 42.9 Å². The maximum Gasteiger partial charge on any atom is 0.315 e. The molecule has 0 unspecified atom stereocenters. The Morgan fingerprint density at radius 2 is 2.21 bits per heavy atom. The molecule has 2 aromatic rings. The number of nitro benzene ring substituents is 1. The molecule has 11 heteroatoms. The van der Waals surface area contributed by atoms with Crippen molar-refractivity contribution in [1.82, 2.24) is 4.98 Å². The van der Waals surface area contributed by atoms with Crippen molar-refractivity contribution in [3.05, 3.63) is 38.9 Å². The number of nitrogens with one attached hydrogen (secondary N) is 1. The first-order chi connectivity index (χ1) is 14.0. The van der Waals surface area contributed by atoms with Gasteiger partial charge in [0.25, 0.3) is 0 Å². The van der Waals surface area contributed by atoms with Gasteiger partial charge in [0.1, 0.15) is 0 Å². The summed E-state index contributed by atoms with van der Waals surface area (Å²) in [6.07, 6.45) is 3.16. The number of methoxy groups -OCH3 is 2. The van der Waals surface area contributed by atoms with Crippen LogP contribution in [0.5, 0.6) is 11.5 Å². The van der Waals surface area contributed by atoms with Gasteiger partial charge in [0.2, 0.25) is 10.9 Å². The van der Waals surface area contributed by atoms with Gasteiger partial charge in [-0.15, -0.1) is 11.3 Å². The largest absolute Gasteiger partial charge is 0.493 e. The van der Waals surface area contributed by atoms with Gasteiger partial charge in [0, 0.05) is 17.0 Å². The number of nitro groups is 1. The number of carbonyl (C=O) groups excluding carboxylic acids is 1. The number of hydrazone groups is 1. The van der Waals surface area contributed by atoms with Gasteiger partial charge in [0.05, 0.1) is 44.1 Å². The zero-order chi connectivity index (χ0) is 21.2. The minimum Gasteiger partial charge on any atom is -0.493 e. The number of nitrogens with zero attached hydrogens (tertiary/aromatic N) is 3. The molecule has 1 aromatic carbocycles. The fraction of sp³-hybridized carbons (Fsp3) is 0.389. The average molecular weight is 422 g/mol. The summed E-state index contributed by atoms with van der Waals surface area (Å²) in [4.78, 5) is 26.4. The van der Waals surface area contributed by atoms with Crippen molar-refractivity contribution >= 4 is 34.3 Å². The average Bonchev–Trinajstić information content (AvgIpc) is 3.15. The van der Waals surface area contributed by atoms with Crippen LogP contribution in [0.1, 0.15) is 31.0 Å². The predicted molar refractivity (Wildman–Crippen MR) is 109 cm³/mol. The summed E-state index contributed by atoms with van der Waals surface area (Å²) in [6, 6.07) is 2.96. The molecule has 2 rings (SSSR count). The van der Waals surface area contributed by atoms with E-state index >= 15 is 0 Å². The number of ether oxygens (including phenoxy) is 3. The second-order valence-corrected chi connectivity index (χ2v) is 6.66. The maximum absolute atomic E-state index is 11.4. The first-order valence-electron chi connectivity index (χ1n) is 8.78. The Bertz CT molecular complexity index is 883. The number of hydrogen-bond donors (Lipinski definition) is 1. The molecule has 1 N–H and O–H groups in total. The van der Waals surface area contributed by atoms with Crippen LogP contribution >= 0.6 is 11.3 Å². The van der Waals surface area contributed by atoms with Gasteiger partial charge >= 0.3 is 11.7 Å². The molecule has 0 saturated carbocycles. The van der Waals surface area contributed by atoms with Crippen LogP contribution in [0.4, 0.5) is 10.8 Å². The minimum absolute atomic E-state index is 0.0707. The molecule has 0 saturated heterocycles. The van der Waals surface area contributed by atoms with E-state index in [0.29, 0.717) is 23.0 Å². The number of carbonyl (C=O) groups is 1. The molecule has 29 heavy (non-hydrogen) atoms. The maximum atomic E-state index is 11.4. The smallest absolute Gasteiger partial charge is 0.315 e. The SMILES string of the molecule is CCCCOc1c(OC)cc(/C=N\Nc2nc(CC(=O)OC)cs2)cc1[N+](=O)[O-]. The van der Waals surface area contributed by atoms with Gasteiger partial charge in [0.15, 0.2) is 5.75 Å². The van der Waals surface area contributed by atoms with Gasteiger partial charge < -0.3 is 14.2 Å². The van der Waals surface area contributed by atoms with E-state index in [1.54, 1.807) is 11.4 Å². The molecule has 0 aliphatic carbocycles. The lowest BCUT2D eigenvalue weighted by molar-refractivity contribution is -0.386. The van der Waals surface area contributed by atoms with E-state index in [0.717, 1.165) is 12.8 Å². The molecule has 0 bridgehead atoms. The Morgan fingerprint density at radius 3 is 2.86 bits per heavy atom. The fourth-order valence-electron chi connectivity index (χ4n) is 2.26. The molecule has 156 valence electrons. The topological polar surface area (TPSA) is 125 Å². The second-order valence-electron chi connectivity index (χ2n) is 5.80. The molecule has 0 radical (unpaired) electrons. The molecule has 0 fully saturated rings. The lowest BCUT2D eigenvalue weighted by Crippen LogP contribution is -2.04. The van der Waals surface area contributed by atoms with E-state index in [-0.39, 0.29) is 29.6 Å². The first kappa shape index (κ1) is 22.1. The van der Waals surface area contributed by atoms with E-state index in [2.05, 4.69) is 20.2 Å². The number of unbranched alkanes of at least 4 members (excludes halogenated alkanes) is 1. The molecule has 0 amide bonds. The zero-order valence-electron chi connectivity index (χ0n) is 16.3. The van der Waals surface area contributed by atoms with Crippen molar-refractivity contribution in [2.45, 2.75) is 26.2 Å². The normalized spacial score (nSPS) is 10.7. The number of esters is 1. The number of aromatic nitrogens is 1. The summed E-state index contributed by atoms with van der Waals surface area (Å²) < 4.78 is 15.4. The Hall–Kier alpha value is -3.21. The van der Waals surface area contributed by atoms with Crippen LogP contribution in [0.2, 0.25) is 0 Å². The van der Waals surface area contributed by atoms with E-state index in [1.165, 1.54) is 37.8 Å². The van der Waals surface area contributed by atoms with Crippen molar-refractivity contribution in [3.63, 3.8) is 0 Å². The number of rotatable bonds is 11. The highest BCUT2D eigenvalue weighted by molar-refractivity contribution is 7.13. The van der Waals surface area contributed by atoms with Crippen molar-refractivity contribution in [1.29, 1.82) is 0 Å². The summed E-state index contributed by atoms with van der Waals surface area (Å²) in [5, 5.41) is 17.7. The zero-order valence-corrected chi connectivity index (χ0v) is 17.2. The molecule has 1 aromatic heterocycles. The number of hydrogen-bond acceptors (Lipinski definition) is 10. The molecule has 0 aliphatic rings. The Balaban J connectivity index is 2.14. The van der Waals surface area contributed by atoms with Crippen LogP contribution in [0, 0.1) is 10.1 Å². The van der Waals surface area contributed by atoms with Crippen molar-refractivity contribution in [2.24, 2.45) is 5.10 Å². The van der Waals surface area contributed by atoms with Gasteiger partial charge in [-0.3, -0.25) is 20.3 Å². The highest BCUT2D eigenvalue weighted by Gasteiger charge is 2.22. The summed E-state index contributed by atoms with van der Waals surface area (Å²) in [7, 11) is 2.73. The van der Waals surface area contributed by atoms with Crippen LogP contribution in [0.25, 0.3) is 0 Å². The van der Waals surface area contributed by atoms with E-state index in [4.69, 9.17) is 9.47 Å². The Labute approximate surface area is 171 Å². The highest BCUT2D eigenvalue weighted by Crippen LogP contribution is 2.38. The van der Waals surface area contributed by atoms with Gasteiger partial charge in [-0.25, -0.2) is 4.98 Å². The van der Waals surface area contributed by atoms with Crippen LogP contribution in [-0.2, 0) is 16.0 Å². The first-order valence-corrected chi connectivity index (χ1v) is 9.66. The molecule has 1 heterocycles. The monoisotopic (exact) mass is 422 g/mol. The number of thiazole rings is 1. The van der Waals surface area contributed by atoms with Crippen LogP contribution in [0.15, 0.2) is 22.6 Å². The minimum atomic E-state index is -0.519. The van der Waals surface area contributed by atoms with Crippen molar-refractivity contribution in [2.75, 3.05) is 26.3 Å². The van der Waals surface area contributed by atoms with Crippen LogP contribution in [0.3, 0.4) is 0 Å². The number of benzene rings is 1. The summed E-state index contributed by atoms with van der Waals surface area (Å²) in [6.45, 7) is 2.36. The summed E-state index contributed by atoms with van der Waals surface area (Å²) >= 11 is 1.27.